The third kappa shape index (κ3) is 3.47. The van der Waals surface area contributed by atoms with E-state index in [0.29, 0.717) is 0 Å². The molecular formula is C8H15NO. The maximum atomic E-state index is 8.42. The van der Waals surface area contributed by atoms with Crippen molar-refractivity contribution in [1.82, 2.24) is 0 Å². The molecule has 0 aliphatic carbocycles. The maximum Gasteiger partial charge on any atom is 0.141 e. The summed E-state index contributed by atoms with van der Waals surface area (Å²) in [5, 5.41) is 8.42. The minimum Gasteiger partial charge on any atom is -0.358 e. The zero-order chi connectivity index (χ0) is 8.20. The zero-order valence-electron chi connectivity index (χ0n) is 7.14. The van der Waals surface area contributed by atoms with Crippen molar-refractivity contribution in [3.63, 3.8) is 0 Å². The summed E-state index contributed by atoms with van der Waals surface area (Å²) in [6.07, 6.45) is 0.633. The van der Waals surface area contributed by atoms with Gasteiger partial charge in [0.25, 0.3) is 0 Å². The van der Waals surface area contributed by atoms with Crippen molar-refractivity contribution in [2.24, 2.45) is 0 Å². The van der Waals surface area contributed by atoms with Crippen molar-refractivity contribution in [1.29, 1.82) is 5.26 Å². The van der Waals surface area contributed by atoms with Gasteiger partial charge in [-0.3, -0.25) is 0 Å². The largest absolute Gasteiger partial charge is 0.358 e. The summed E-state index contributed by atoms with van der Waals surface area (Å²) in [4.78, 5) is 0. The first-order valence-corrected chi connectivity index (χ1v) is 3.59. The van der Waals surface area contributed by atoms with E-state index in [4.69, 9.17) is 10.00 Å². The first kappa shape index (κ1) is 9.45. The van der Waals surface area contributed by atoms with Gasteiger partial charge in [-0.1, -0.05) is 6.92 Å². The van der Waals surface area contributed by atoms with E-state index in [9.17, 15) is 0 Å². The zero-order valence-corrected chi connectivity index (χ0v) is 7.14. The van der Waals surface area contributed by atoms with Gasteiger partial charge in [-0.05, 0) is 27.2 Å². The highest BCUT2D eigenvalue weighted by atomic mass is 16.5. The Kier molecular flexibility index (Phi) is 3.38. The Balaban J connectivity index is 3.79. The minimum absolute atomic E-state index is 0.158. The fraction of sp³-hybridized carbons (Fsp3) is 0.875. The molecule has 0 aliphatic rings. The van der Waals surface area contributed by atoms with Gasteiger partial charge in [0, 0.05) is 0 Å². The molecule has 0 radical (unpaired) electrons. The van der Waals surface area contributed by atoms with Crippen molar-refractivity contribution in [2.45, 2.75) is 45.8 Å². The van der Waals surface area contributed by atoms with Crippen molar-refractivity contribution in [3.05, 3.63) is 0 Å². The van der Waals surface area contributed by atoms with Crippen LogP contribution < -0.4 is 0 Å². The molecule has 0 aliphatic heterocycles. The lowest BCUT2D eigenvalue weighted by atomic mass is 10.1. The molecule has 2 nitrogen and oxygen atoms in total. The van der Waals surface area contributed by atoms with Gasteiger partial charge in [-0.25, -0.2) is 0 Å². The van der Waals surface area contributed by atoms with E-state index in [1.165, 1.54) is 0 Å². The second-order valence-corrected chi connectivity index (χ2v) is 3.00. The number of hydrogen-bond acceptors (Lipinski definition) is 2. The Bertz CT molecular complexity index is 135. The van der Waals surface area contributed by atoms with Crippen LogP contribution in [0.5, 0.6) is 0 Å². The number of nitriles is 1. The fourth-order valence-electron chi connectivity index (χ4n) is 0.588. The Morgan fingerprint density at radius 3 is 2.40 bits per heavy atom. The van der Waals surface area contributed by atoms with Crippen LogP contribution in [0.25, 0.3) is 0 Å². The lowest BCUT2D eigenvalue weighted by Gasteiger charge is -2.24. The lowest BCUT2D eigenvalue weighted by Crippen LogP contribution is -2.27. The lowest BCUT2D eigenvalue weighted by molar-refractivity contribution is -0.0423. The van der Waals surface area contributed by atoms with E-state index in [2.05, 4.69) is 0 Å². The van der Waals surface area contributed by atoms with Crippen molar-refractivity contribution < 1.29 is 4.74 Å². The number of rotatable bonds is 3. The predicted molar refractivity (Wildman–Crippen MR) is 40.5 cm³/mol. The molecule has 0 bridgehead atoms. The van der Waals surface area contributed by atoms with E-state index in [0.717, 1.165) is 6.42 Å². The van der Waals surface area contributed by atoms with Gasteiger partial charge in [0.2, 0.25) is 0 Å². The van der Waals surface area contributed by atoms with Gasteiger partial charge < -0.3 is 4.74 Å². The molecule has 0 rings (SSSR count). The van der Waals surface area contributed by atoms with Crippen LogP contribution in [-0.4, -0.2) is 11.7 Å². The smallest absolute Gasteiger partial charge is 0.141 e. The minimum atomic E-state index is -0.296. The Morgan fingerprint density at radius 1 is 1.60 bits per heavy atom. The summed E-state index contributed by atoms with van der Waals surface area (Å²) in [7, 11) is 0. The number of hydrogen-bond donors (Lipinski definition) is 0. The van der Waals surface area contributed by atoms with Crippen LogP contribution in [-0.2, 0) is 4.74 Å². The third-order valence-corrected chi connectivity index (χ3v) is 1.53. The van der Waals surface area contributed by atoms with Crippen LogP contribution in [0.1, 0.15) is 34.1 Å². The molecular weight excluding hydrogens is 126 g/mol. The van der Waals surface area contributed by atoms with Crippen LogP contribution in [0.3, 0.4) is 0 Å². The number of nitrogens with zero attached hydrogens (tertiary/aromatic N) is 1. The average Bonchev–Trinajstić information content (AvgIpc) is 1.87. The fourth-order valence-corrected chi connectivity index (χ4v) is 0.588. The quantitative estimate of drug-likeness (QED) is 0.603. The van der Waals surface area contributed by atoms with Crippen LogP contribution in [0.15, 0.2) is 0 Å². The van der Waals surface area contributed by atoms with E-state index >= 15 is 0 Å². The van der Waals surface area contributed by atoms with Crippen molar-refractivity contribution in [3.8, 4) is 6.07 Å². The van der Waals surface area contributed by atoms with E-state index in [1.807, 2.05) is 26.8 Å². The molecule has 0 saturated carbocycles. The Morgan fingerprint density at radius 2 is 2.10 bits per heavy atom. The van der Waals surface area contributed by atoms with Crippen molar-refractivity contribution >= 4 is 0 Å². The summed E-state index contributed by atoms with van der Waals surface area (Å²) < 4.78 is 5.38. The molecule has 1 atom stereocenters. The highest BCUT2D eigenvalue weighted by molar-refractivity contribution is 4.82. The molecule has 0 amide bonds. The molecule has 0 aromatic rings. The molecule has 10 heavy (non-hydrogen) atoms. The van der Waals surface area contributed by atoms with Gasteiger partial charge in [0.05, 0.1) is 11.7 Å². The number of ether oxygens (including phenoxy) is 1. The summed E-state index contributed by atoms with van der Waals surface area (Å²) in [6.45, 7) is 7.78. The van der Waals surface area contributed by atoms with E-state index in [-0.39, 0.29) is 11.7 Å². The summed E-state index contributed by atoms with van der Waals surface area (Å²) in [5.41, 5.74) is -0.158. The molecule has 2 heteroatoms. The highest BCUT2D eigenvalue weighted by Crippen LogP contribution is 2.15. The highest BCUT2D eigenvalue weighted by Gasteiger charge is 2.18. The molecule has 58 valence electrons. The van der Waals surface area contributed by atoms with E-state index in [1.54, 1.807) is 6.92 Å². The Hall–Kier alpha value is -0.550. The third-order valence-electron chi connectivity index (χ3n) is 1.53. The van der Waals surface area contributed by atoms with Gasteiger partial charge in [0.1, 0.15) is 6.10 Å². The molecule has 0 aromatic heterocycles. The van der Waals surface area contributed by atoms with Crippen LogP contribution in [0, 0.1) is 11.3 Å². The summed E-state index contributed by atoms with van der Waals surface area (Å²) >= 11 is 0. The van der Waals surface area contributed by atoms with Crippen LogP contribution in [0.2, 0.25) is 0 Å². The normalized spacial score (nSPS) is 14.3. The summed E-state index contributed by atoms with van der Waals surface area (Å²) in [6, 6.07) is 2.03. The first-order valence-electron chi connectivity index (χ1n) is 3.59. The first-order chi connectivity index (χ1) is 4.52. The second kappa shape index (κ2) is 3.58. The van der Waals surface area contributed by atoms with Crippen molar-refractivity contribution in [2.75, 3.05) is 0 Å². The van der Waals surface area contributed by atoms with Gasteiger partial charge in [-0.15, -0.1) is 0 Å². The van der Waals surface area contributed by atoms with Crippen LogP contribution >= 0.6 is 0 Å². The van der Waals surface area contributed by atoms with Crippen LogP contribution in [0.4, 0.5) is 0 Å². The topological polar surface area (TPSA) is 33.0 Å². The molecule has 1 unspecified atom stereocenters. The Labute approximate surface area is 62.8 Å². The van der Waals surface area contributed by atoms with E-state index < -0.39 is 0 Å². The summed E-state index contributed by atoms with van der Waals surface area (Å²) in [5.74, 6) is 0. The molecule has 0 fully saturated rings. The van der Waals surface area contributed by atoms with Gasteiger partial charge in [-0.2, -0.15) is 5.26 Å². The predicted octanol–water partition coefficient (Wildman–Crippen LogP) is 2.10. The average molecular weight is 141 g/mol. The molecule has 0 heterocycles. The second-order valence-electron chi connectivity index (χ2n) is 3.00. The standard InChI is InChI=1S/C8H15NO/c1-5-8(3,4)10-7(2)6-9/h7H,5H2,1-4H3. The molecule has 0 saturated heterocycles. The van der Waals surface area contributed by atoms with Gasteiger partial charge in [0.15, 0.2) is 0 Å². The SMILES string of the molecule is CCC(C)(C)OC(C)C#N. The maximum absolute atomic E-state index is 8.42. The molecule has 0 spiro atoms. The monoisotopic (exact) mass is 141 g/mol. The molecule has 0 aromatic carbocycles. The van der Waals surface area contributed by atoms with Gasteiger partial charge >= 0.3 is 0 Å². The molecule has 0 N–H and O–H groups in total.